The Kier molecular flexibility index (Phi) is 4.36. The predicted molar refractivity (Wildman–Crippen MR) is 93.2 cm³/mol. The van der Waals surface area contributed by atoms with E-state index in [4.69, 9.17) is 0 Å². The molecule has 1 fully saturated rings. The van der Waals surface area contributed by atoms with Crippen LogP contribution in [-0.2, 0) is 0 Å². The molecule has 0 bridgehead atoms. The van der Waals surface area contributed by atoms with Gasteiger partial charge in [-0.25, -0.2) is 9.45 Å². The first-order valence-corrected chi connectivity index (χ1v) is 8.47. The quantitative estimate of drug-likeness (QED) is 0.761. The van der Waals surface area contributed by atoms with E-state index in [1.54, 1.807) is 18.2 Å². The van der Waals surface area contributed by atoms with Gasteiger partial charge < -0.3 is 10.6 Å². The zero-order valence-electron chi connectivity index (χ0n) is 13.9. The fraction of sp³-hybridized carbons (Fsp3) is 0.278. The molecule has 0 aromatic heterocycles. The van der Waals surface area contributed by atoms with E-state index in [-0.39, 0.29) is 17.6 Å². The maximum Gasteiger partial charge on any atom is 0.251 e. The number of benzene rings is 1. The lowest BCUT2D eigenvalue weighted by molar-refractivity contribution is -0.000414. The van der Waals surface area contributed by atoms with Crippen molar-refractivity contribution in [3.63, 3.8) is 0 Å². The van der Waals surface area contributed by atoms with Crippen LogP contribution in [0.25, 0.3) is 5.70 Å². The smallest absolute Gasteiger partial charge is 0.251 e. The summed E-state index contributed by atoms with van der Waals surface area (Å²) in [5.41, 5.74) is 2.12. The second kappa shape index (κ2) is 6.81. The van der Waals surface area contributed by atoms with Crippen molar-refractivity contribution in [2.45, 2.75) is 18.9 Å². The Hall–Kier alpha value is -2.84. The van der Waals surface area contributed by atoms with Crippen molar-refractivity contribution in [2.75, 3.05) is 13.1 Å². The number of hydroxylamine groups is 2. The first kappa shape index (κ1) is 16.6. The molecule has 3 aliphatic heterocycles. The highest BCUT2D eigenvalue weighted by atomic mass is 19.1. The van der Waals surface area contributed by atoms with Crippen molar-refractivity contribution >= 4 is 17.3 Å². The fourth-order valence-electron chi connectivity index (χ4n) is 3.18. The molecule has 3 N–H and O–H groups in total. The molecule has 3 aliphatic rings. The molecule has 0 saturated carbocycles. The van der Waals surface area contributed by atoms with Gasteiger partial charge in [0.1, 0.15) is 11.5 Å². The molecule has 134 valence electrons. The van der Waals surface area contributed by atoms with Crippen LogP contribution in [0.3, 0.4) is 0 Å². The lowest BCUT2D eigenvalue weighted by atomic mass is 10.0. The Labute approximate surface area is 149 Å². The highest BCUT2D eigenvalue weighted by molar-refractivity contribution is 5.96. The molecule has 0 unspecified atom stereocenters. The number of halogens is 1. The Morgan fingerprint density at radius 3 is 2.92 bits per heavy atom. The van der Waals surface area contributed by atoms with Crippen molar-refractivity contribution in [1.29, 1.82) is 0 Å². The van der Waals surface area contributed by atoms with Crippen LogP contribution in [0, 0.1) is 0 Å². The standard InChI is InChI=1S/C18H18FN5O2/c19-12-5-8-24(26)16(10-12)17-14-9-11(1-2-15(14)22-23-17)18(25)21-13-3-6-20-7-4-13/h1-2,5,8-10,13,20,26H,3-4,6-7H2,(H,21,25). The minimum atomic E-state index is -0.499. The Morgan fingerprint density at radius 2 is 2.12 bits per heavy atom. The van der Waals surface area contributed by atoms with E-state index in [9.17, 15) is 14.4 Å². The summed E-state index contributed by atoms with van der Waals surface area (Å²) >= 11 is 0. The number of azo groups is 1. The maximum absolute atomic E-state index is 13.6. The van der Waals surface area contributed by atoms with Crippen LogP contribution in [0.2, 0.25) is 0 Å². The lowest BCUT2D eigenvalue weighted by Gasteiger charge is -2.23. The van der Waals surface area contributed by atoms with Gasteiger partial charge in [-0.3, -0.25) is 10.0 Å². The number of allylic oxidation sites excluding steroid dienone is 3. The summed E-state index contributed by atoms with van der Waals surface area (Å²) in [6, 6.07) is 5.21. The monoisotopic (exact) mass is 355 g/mol. The fourth-order valence-corrected chi connectivity index (χ4v) is 3.18. The Balaban J connectivity index is 1.63. The number of hydrogen-bond donors (Lipinski definition) is 3. The number of nitrogens with zero attached hydrogens (tertiary/aromatic N) is 3. The Bertz CT molecular complexity index is 868. The number of nitrogens with one attached hydrogen (secondary N) is 2. The van der Waals surface area contributed by atoms with Gasteiger partial charge in [0, 0.05) is 29.4 Å². The molecular formula is C18H18FN5O2. The van der Waals surface area contributed by atoms with Gasteiger partial charge in [0.25, 0.3) is 5.91 Å². The summed E-state index contributed by atoms with van der Waals surface area (Å²) in [6.45, 7) is 1.78. The first-order valence-electron chi connectivity index (χ1n) is 8.47. The molecule has 0 spiro atoms. The molecule has 0 aliphatic carbocycles. The molecule has 0 atom stereocenters. The second-order valence-electron chi connectivity index (χ2n) is 6.35. The lowest BCUT2D eigenvalue weighted by Crippen LogP contribution is -2.42. The summed E-state index contributed by atoms with van der Waals surface area (Å²) < 4.78 is 13.6. The number of fused-ring (bicyclic) bond motifs is 1. The van der Waals surface area contributed by atoms with Gasteiger partial charge in [0.2, 0.25) is 0 Å². The van der Waals surface area contributed by atoms with Gasteiger partial charge in [-0.15, -0.1) is 10.2 Å². The van der Waals surface area contributed by atoms with Crippen LogP contribution < -0.4 is 10.6 Å². The minimum Gasteiger partial charge on any atom is -0.349 e. The summed E-state index contributed by atoms with van der Waals surface area (Å²) in [5, 5.41) is 25.1. The molecule has 8 heteroatoms. The highest BCUT2D eigenvalue weighted by Gasteiger charge is 2.24. The average Bonchev–Trinajstić information content (AvgIpc) is 3.07. The van der Waals surface area contributed by atoms with Gasteiger partial charge in [-0.1, -0.05) is 0 Å². The molecule has 1 saturated heterocycles. The van der Waals surface area contributed by atoms with E-state index < -0.39 is 5.83 Å². The van der Waals surface area contributed by atoms with Crippen LogP contribution in [0.5, 0.6) is 0 Å². The van der Waals surface area contributed by atoms with Crippen LogP contribution in [-0.4, -0.2) is 35.3 Å². The SMILES string of the molecule is O=C(NC1CCNCC1)c1ccc2c(c1)C(=C1C=C(F)C=CN1O)N=N2. The summed E-state index contributed by atoms with van der Waals surface area (Å²) in [6.07, 6.45) is 5.29. The van der Waals surface area contributed by atoms with Gasteiger partial charge >= 0.3 is 0 Å². The largest absolute Gasteiger partial charge is 0.349 e. The van der Waals surface area contributed by atoms with E-state index in [2.05, 4.69) is 20.9 Å². The van der Waals surface area contributed by atoms with E-state index >= 15 is 0 Å². The number of carbonyl (C=O) groups is 1. The third-order valence-corrected chi connectivity index (χ3v) is 4.58. The number of hydrogen-bond acceptors (Lipinski definition) is 6. The molecule has 0 radical (unpaired) electrons. The Morgan fingerprint density at radius 1 is 1.31 bits per heavy atom. The zero-order chi connectivity index (χ0) is 18.1. The molecule has 4 rings (SSSR count). The molecule has 7 nitrogen and oxygen atoms in total. The van der Waals surface area contributed by atoms with E-state index in [0.29, 0.717) is 22.5 Å². The molecule has 1 amide bonds. The van der Waals surface area contributed by atoms with E-state index in [1.165, 1.54) is 12.3 Å². The van der Waals surface area contributed by atoms with Gasteiger partial charge in [0.05, 0.1) is 11.4 Å². The van der Waals surface area contributed by atoms with Gasteiger partial charge in [-0.2, -0.15) is 0 Å². The minimum absolute atomic E-state index is 0.151. The number of piperidine rings is 1. The van der Waals surface area contributed by atoms with Crippen molar-refractivity contribution in [3.8, 4) is 0 Å². The topological polar surface area (TPSA) is 89.3 Å². The third-order valence-electron chi connectivity index (χ3n) is 4.58. The molecule has 1 aromatic rings. The molecule has 3 heterocycles. The van der Waals surface area contributed by atoms with Gasteiger partial charge in [-0.05, 0) is 50.2 Å². The zero-order valence-corrected chi connectivity index (χ0v) is 13.9. The average molecular weight is 355 g/mol. The van der Waals surface area contributed by atoms with Crippen LogP contribution in [0.4, 0.5) is 10.1 Å². The number of rotatable bonds is 2. The van der Waals surface area contributed by atoms with Crippen LogP contribution in [0.15, 0.2) is 58.3 Å². The predicted octanol–water partition coefficient (Wildman–Crippen LogP) is 3.01. The number of amides is 1. The van der Waals surface area contributed by atoms with Crippen molar-refractivity contribution in [1.82, 2.24) is 15.7 Å². The maximum atomic E-state index is 13.6. The van der Waals surface area contributed by atoms with Gasteiger partial charge in [0.15, 0.2) is 0 Å². The first-order chi connectivity index (χ1) is 12.6. The van der Waals surface area contributed by atoms with Crippen molar-refractivity contribution in [2.24, 2.45) is 10.2 Å². The summed E-state index contributed by atoms with van der Waals surface area (Å²) in [4.78, 5) is 12.6. The van der Waals surface area contributed by atoms with Crippen molar-refractivity contribution in [3.05, 3.63) is 59.2 Å². The summed E-state index contributed by atoms with van der Waals surface area (Å²) in [7, 11) is 0. The van der Waals surface area contributed by atoms with Crippen LogP contribution >= 0.6 is 0 Å². The van der Waals surface area contributed by atoms with E-state index in [1.807, 2.05) is 0 Å². The highest BCUT2D eigenvalue weighted by Crippen LogP contribution is 2.39. The van der Waals surface area contributed by atoms with Crippen molar-refractivity contribution < 1.29 is 14.4 Å². The summed E-state index contributed by atoms with van der Waals surface area (Å²) in [5.74, 6) is -0.664. The van der Waals surface area contributed by atoms with E-state index in [0.717, 1.165) is 37.1 Å². The number of carbonyl (C=O) groups excluding carboxylic acids is 1. The molecular weight excluding hydrogens is 337 g/mol. The normalized spacial score (nSPS) is 22.4. The molecule has 1 aromatic carbocycles. The third kappa shape index (κ3) is 3.16. The second-order valence-corrected chi connectivity index (χ2v) is 6.35. The molecule has 26 heavy (non-hydrogen) atoms. The van der Waals surface area contributed by atoms with Crippen LogP contribution in [0.1, 0.15) is 28.8 Å².